The highest BCUT2D eigenvalue weighted by molar-refractivity contribution is 7.12. The van der Waals surface area contributed by atoms with E-state index < -0.39 is 0 Å². The van der Waals surface area contributed by atoms with Gasteiger partial charge in [-0.3, -0.25) is 9.69 Å². The van der Waals surface area contributed by atoms with Crippen LogP contribution in [-0.4, -0.2) is 5.91 Å². The molecule has 1 N–H and O–H groups in total. The van der Waals surface area contributed by atoms with E-state index in [-0.39, 0.29) is 17.9 Å². The molecule has 1 aromatic heterocycles. The Labute approximate surface area is 143 Å². The Hall–Kier alpha value is -2.66. The third kappa shape index (κ3) is 2.47. The molecule has 120 valence electrons. The predicted octanol–water partition coefficient (Wildman–Crippen LogP) is 4.97. The fraction of sp³-hybridized carbons (Fsp3) is 0.105. The largest absolute Gasteiger partial charge is 0.360 e. The summed E-state index contributed by atoms with van der Waals surface area (Å²) in [6.07, 6.45) is -0.309. The van der Waals surface area contributed by atoms with Gasteiger partial charge in [0.2, 0.25) is 0 Å². The standard InChI is InChI=1S/C19H15FN2OS/c1-12-6-11-17(24-12)18-21-16-5-3-2-4-15(16)19(23)22(18)14-9-7-13(20)8-10-14/h2-11,18,21H,1H3. The highest BCUT2D eigenvalue weighted by Gasteiger charge is 2.34. The van der Waals surface area contributed by atoms with E-state index in [4.69, 9.17) is 0 Å². The molecule has 0 saturated carbocycles. The first-order chi connectivity index (χ1) is 11.6. The van der Waals surface area contributed by atoms with Gasteiger partial charge in [0.25, 0.3) is 5.91 Å². The number of para-hydroxylation sites is 1. The van der Waals surface area contributed by atoms with E-state index in [2.05, 4.69) is 5.32 Å². The number of carbonyl (C=O) groups excluding carboxylic acids is 1. The molecule has 0 bridgehead atoms. The van der Waals surface area contributed by atoms with Gasteiger partial charge in [-0.1, -0.05) is 12.1 Å². The van der Waals surface area contributed by atoms with E-state index in [0.29, 0.717) is 11.3 Å². The van der Waals surface area contributed by atoms with Crippen molar-refractivity contribution in [3.8, 4) is 0 Å². The van der Waals surface area contributed by atoms with Crippen LogP contribution in [0.1, 0.15) is 26.3 Å². The van der Waals surface area contributed by atoms with Crippen molar-refractivity contribution >= 4 is 28.6 Å². The lowest BCUT2D eigenvalue weighted by Gasteiger charge is -2.37. The van der Waals surface area contributed by atoms with Crippen LogP contribution in [0.3, 0.4) is 0 Å². The normalized spacial score (nSPS) is 16.7. The van der Waals surface area contributed by atoms with Gasteiger partial charge < -0.3 is 5.32 Å². The fourth-order valence-corrected chi connectivity index (χ4v) is 3.84. The molecule has 4 rings (SSSR count). The van der Waals surface area contributed by atoms with Gasteiger partial charge in [0, 0.05) is 21.1 Å². The maximum atomic E-state index is 13.3. The first kappa shape index (κ1) is 14.9. The van der Waals surface area contributed by atoms with Crippen molar-refractivity contribution in [1.82, 2.24) is 0 Å². The van der Waals surface area contributed by atoms with Gasteiger partial charge in [-0.05, 0) is 55.5 Å². The number of rotatable bonds is 2. The molecule has 1 atom stereocenters. The number of nitrogens with zero attached hydrogens (tertiary/aromatic N) is 1. The molecule has 3 nitrogen and oxygen atoms in total. The summed E-state index contributed by atoms with van der Waals surface area (Å²) in [7, 11) is 0. The number of thiophene rings is 1. The topological polar surface area (TPSA) is 32.3 Å². The van der Waals surface area contributed by atoms with Crippen LogP contribution in [-0.2, 0) is 0 Å². The lowest BCUT2D eigenvalue weighted by molar-refractivity contribution is 0.0975. The van der Waals surface area contributed by atoms with Gasteiger partial charge in [-0.25, -0.2) is 4.39 Å². The van der Waals surface area contributed by atoms with Crippen LogP contribution in [0.4, 0.5) is 15.8 Å². The van der Waals surface area contributed by atoms with Crippen LogP contribution in [0.25, 0.3) is 0 Å². The summed E-state index contributed by atoms with van der Waals surface area (Å²) in [6, 6.07) is 17.5. The molecule has 1 amide bonds. The maximum absolute atomic E-state index is 13.3. The molecular weight excluding hydrogens is 323 g/mol. The summed E-state index contributed by atoms with van der Waals surface area (Å²) in [5.74, 6) is -0.410. The summed E-state index contributed by atoms with van der Waals surface area (Å²) in [6.45, 7) is 2.04. The van der Waals surface area contributed by atoms with E-state index >= 15 is 0 Å². The molecular formula is C19H15FN2OS. The summed E-state index contributed by atoms with van der Waals surface area (Å²) in [5.41, 5.74) is 2.10. The number of benzene rings is 2. The van der Waals surface area contributed by atoms with Crippen molar-refractivity contribution in [1.29, 1.82) is 0 Å². The minimum atomic E-state index is -0.319. The van der Waals surface area contributed by atoms with Gasteiger partial charge in [0.05, 0.1) is 5.56 Å². The van der Waals surface area contributed by atoms with Crippen LogP contribution in [0.15, 0.2) is 60.7 Å². The Balaban J connectivity index is 1.85. The van der Waals surface area contributed by atoms with Crippen molar-refractivity contribution < 1.29 is 9.18 Å². The van der Waals surface area contributed by atoms with Gasteiger partial charge in [0.1, 0.15) is 12.0 Å². The quantitative estimate of drug-likeness (QED) is 0.716. The van der Waals surface area contributed by atoms with Gasteiger partial charge >= 0.3 is 0 Å². The second-order valence-corrected chi connectivity index (χ2v) is 7.01. The third-order valence-electron chi connectivity index (χ3n) is 4.06. The number of nitrogens with one attached hydrogen (secondary N) is 1. The number of hydrogen-bond donors (Lipinski definition) is 1. The van der Waals surface area contributed by atoms with Crippen LogP contribution in [0.5, 0.6) is 0 Å². The average Bonchev–Trinajstić information content (AvgIpc) is 3.02. The molecule has 2 heterocycles. The SMILES string of the molecule is Cc1ccc(C2Nc3ccccc3C(=O)N2c2ccc(F)cc2)s1. The molecule has 0 saturated heterocycles. The third-order valence-corrected chi connectivity index (χ3v) is 5.12. The van der Waals surface area contributed by atoms with Gasteiger partial charge in [0.15, 0.2) is 0 Å². The van der Waals surface area contributed by atoms with Gasteiger partial charge in [-0.2, -0.15) is 0 Å². The molecule has 1 unspecified atom stereocenters. The van der Waals surface area contributed by atoms with Crippen LogP contribution < -0.4 is 10.2 Å². The second kappa shape index (κ2) is 5.76. The van der Waals surface area contributed by atoms with Gasteiger partial charge in [-0.15, -0.1) is 11.3 Å². The van der Waals surface area contributed by atoms with Crippen LogP contribution in [0.2, 0.25) is 0 Å². The molecule has 0 radical (unpaired) electrons. The molecule has 24 heavy (non-hydrogen) atoms. The Kier molecular flexibility index (Phi) is 3.58. The van der Waals surface area contributed by atoms with Crippen LogP contribution >= 0.6 is 11.3 Å². The summed E-state index contributed by atoms with van der Waals surface area (Å²) < 4.78 is 13.3. The van der Waals surface area contributed by atoms with Crippen molar-refractivity contribution in [2.75, 3.05) is 10.2 Å². The van der Waals surface area contributed by atoms with E-state index in [0.717, 1.165) is 10.6 Å². The highest BCUT2D eigenvalue weighted by Crippen LogP contribution is 2.38. The van der Waals surface area contributed by atoms with E-state index in [1.54, 1.807) is 34.4 Å². The van der Waals surface area contributed by atoms with E-state index in [1.807, 2.05) is 37.3 Å². The molecule has 3 aromatic rings. The zero-order chi connectivity index (χ0) is 16.7. The van der Waals surface area contributed by atoms with Crippen molar-refractivity contribution in [2.24, 2.45) is 0 Å². The maximum Gasteiger partial charge on any atom is 0.262 e. The summed E-state index contributed by atoms with van der Waals surface area (Å²) in [4.78, 5) is 17.0. The molecule has 0 aliphatic carbocycles. The number of fused-ring (bicyclic) bond motifs is 1. The zero-order valence-corrected chi connectivity index (χ0v) is 13.8. The summed E-state index contributed by atoms with van der Waals surface area (Å²) >= 11 is 1.64. The highest BCUT2D eigenvalue weighted by atomic mass is 32.1. The van der Waals surface area contributed by atoms with E-state index in [9.17, 15) is 9.18 Å². The number of aryl methyl sites for hydroxylation is 1. The Morgan fingerprint density at radius 3 is 2.50 bits per heavy atom. The minimum absolute atomic E-state index is 0.0907. The molecule has 0 spiro atoms. The van der Waals surface area contributed by atoms with Crippen molar-refractivity contribution in [3.63, 3.8) is 0 Å². The minimum Gasteiger partial charge on any atom is -0.360 e. The Bertz CT molecular complexity index is 904. The van der Waals surface area contributed by atoms with E-state index in [1.165, 1.54) is 17.0 Å². The first-order valence-electron chi connectivity index (χ1n) is 7.64. The second-order valence-electron chi connectivity index (χ2n) is 5.69. The number of halogens is 1. The number of anilines is 2. The summed E-state index contributed by atoms with van der Waals surface area (Å²) in [5, 5.41) is 3.44. The Morgan fingerprint density at radius 2 is 1.79 bits per heavy atom. The smallest absolute Gasteiger partial charge is 0.262 e. The van der Waals surface area contributed by atoms with Crippen molar-refractivity contribution in [2.45, 2.75) is 13.1 Å². The van der Waals surface area contributed by atoms with Crippen LogP contribution in [0, 0.1) is 12.7 Å². The molecule has 1 aliphatic rings. The predicted molar refractivity (Wildman–Crippen MR) is 95.1 cm³/mol. The molecule has 5 heteroatoms. The number of amides is 1. The molecule has 0 fully saturated rings. The monoisotopic (exact) mass is 338 g/mol. The fourth-order valence-electron chi connectivity index (χ4n) is 2.92. The average molecular weight is 338 g/mol. The molecule has 2 aromatic carbocycles. The lowest BCUT2D eigenvalue weighted by atomic mass is 10.1. The first-order valence-corrected chi connectivity index (χ1v) is 8.46. The van der Waals surface area contributed by atoms with Crippen molar-refractivity contribution in [3.05, 3.63) is 81.8 Å². The Morgan fingerprint density at radius 1 is 1.04 bits per heavy atom. The number of hydrogen-bond acceptors (Lipinski definition) is 3. The number of carbonyl (C=O) groups is 1. The lowest BCUT2D eigenvalue weighted by Crippen LogP contribution is -2.42. The zero-order valence-electron chi connectivity index (χ0n) is 13.0. The molecule has 1 aliphatic heterocycles.